The third kappa shape index (κ3) is 2.05. The molecule has 0 fully saturated rings. The van der Waals surface area contributed by atoms with Gasteiger partial charge in [0, 0.05) is 0 Å². The van der Waals surface area contributed by atoms with Crippen LogP contribution in [0.2, 0.25) is 0 Å². The van der Waals surface area contributed by atoms with E-state index in [0.717, 1.165) is 6.07 Å². The number of benzene rings is 1. The number of rotatable bonds is 0. The van der Waals surface area contributed by atoms with Crippen molar-refractivity contribution in [3.63, 3.8) is 0 Å². The minimum atomic E-state index is -0.748. The Hall–Kier alpha value is 0.0925. The minimum Gasteiger partial charge on any atom is -0.205 e. The molecule has 0 heterocycles. The van der Waals surface area contributed by atoms with Gasteiger partial charge in [-0.3, -0.25) is 0 Å². The molecule has 0 amide bonds. The van der Waals surface area contributed by atoms with E-state index in [1.54, 1.807) is 6.07 Å². The first-order valence-corrected chi connectivity index (χ1v) is 3.62. The Morgan fingerprint density at radius 1 is 1.20 bits per heavy atom. The lowest BCUT2D eigenvalue weighted by Gasteiger charge is -1.94. The van der Waals surface area contributed by atoms with Crippen LogP contribution in [0.15, 0.2) is 18.2 Å². The predicted molar refractivity (Wildman–Crippen MR) is 44.9 cm³/mol. The lowest BCUT2D eigenvalue weighted by atomic mass is 10.3. The van der Waals surface area contributed by atoms with Crippen molar-refractivity contribution in [3.05, 3.63) is 29.8 Å². The monoisotopic (exact) mass is 222 g/mol. The van der Waals surface area contributed by atoms with Crippen molar-refractivity contribution in [2.75, 3.05) is 0 Å². The highest BCUT2D eigenvalue weighted by Crippen LogP contribution is 1.98. The van der Waals surface area contributed by atoms with E-state index in [1.165, 1.54) is 6.07 Å². The molecule has 10 heavy (non-hydrogen) atoms. The molecule has 0 atom stereocenters. The van der Waals surface area contributed by atoms with Crippen LogP contribution in [0.3, 0.4) is 0 Å². The second kappa shape index (κ2) is 4.07. The summed E-state index contributed by atoms with van der Waals surface area (Å²) in [7, 11) is 0. The summed E-state index contributed by atoms with van der Waals surface area (Å²) in [5, 5.41) is 0. The molecule has 0 nitrogen and oxygen atoms in total. The molecule has 54 valence electrons. The van der Waals surface area contributed by atoms with Gasteiger partial charge in [0.2, 0.25) is 0 Å². The van der Waals surface area contributed by atoms with Gasteiger partial charge in [-0.2, -0.15) is 0 Å². The second-order valence-electron chi connectivity index (χ2n) is 1.87. The third-order valence-corrected chi connectivity index (χ3v) is 1.92. The van der Waals surface area contributed by atoms with Gasteiger partial charge in [-0.25, -0.2) is 8.78 Å². The van der Waals surface area contributed by atoms with Gasteiger partial charge in [0.25, 0.3) is 16.3 Å². The summed E-state index contributed by atoms with van der Waals surface area (Å²) in [6, 6.07) is 4.22. The summed E-state index contributed by atoms with van der Waals surface area (Å²) < 4.78 is 25.1. The van der Waals surface area contributed by atoms with Crippen molar-refractivity contribution in [1.29, 1.82) is 0 Å². The van der Waals surface area contributed by atoms with Crippen molar-refractivity contribution in [1.82, 2.24) is 0 Å². The van der Waals surface area contributed by atoms with Gasteiger partial charge in [0.1, 0.15) is 5.82 Å². The first-order valence-electron chi connectivity index (χ1n) is 2.62. The average Bonchev–Trinajstić information content (AvgIpc) is 1.83. The van der Waals surface area contributed by atoms with Crippen LogP contribution in [-0.4, -0.2) is 16.3 Å². The first kappa shape index (κ1) is 10.1. The van der Waals surface area contributed by atoms with Gasteiger partial charge in [0.15, 0.2) is 5.82 Å². The molecular formula is C6H6AlBrF2. The fourth-order valence-corrected chi connectivity index (χ4v) is 1.04. The van der Waals surface area contributed by atoms with Crippen LogP contribution in [0.25, 0.3) is 0 Å². The molecule has 0 bridgehead atoms. The van der Waals surface area contributed by atoms with Gasteiger partial charge < -0.3 is 0 Å². The topological polar surface area (TPSA) is 0 Å². The summed E-state index contributed by atoms with van der Waals surface area (Å²) in [5.74, 6) is -1.44. The van der Waals surface area contributed by atoms with Gasteiger partial charge >= 0.3 is 0 Å². The zero-order chi connectivity index (χ0) is 6.85. The minimum absolute atomic E-state index is 0. The maximum Gasteiger partial charge on any atom is 0.263 e. The number of halogens is 3. The second-order valence-corrected chi connectivity index (χ2v) is 2.95. The Morgan fingerprint density at radius 3 is 2.20 bits per heavy atom. The van der Waals surface area contributed by atoms with E-state index >= 15 is 0 Å². The fourth-order valence-electron chi connectivity index (χ4n) is 0.612. The lowest BCUT2D eigenvalue weighted by Crippen LogP contribution is -2.09. The third-order valence-electron chi connectivity index (χ3n) is 1.14. The Kier molecular flexibility index (Phi) is 4.11. The fraction of sp³-hybridized carbons (Fsp3) is 0. The van der Waals surface area contributed by atoms with Crippen molar-refractivity contribution in [2.24, 2.45) is 0 Å². The predicted octanol–water partition coefficient (Wildman–Crippen LogP) is 0.801. The van der Waals surface area contributed by atoms with E-state index in [0.29, 0.717) is 20.7 Å². The molecule has 0 aliphatic rings. The molecule has 0 spiro atoms. The Morgan fingerprint density at radius 2 is 1.80 bits per heavy atom. The molecule has 0 saturated heterocycles. The Labute approximate surface area is 76.4 Å². The van der Waals surface area contributed by atoms with Crippen molar-refractivity contribution in [2.45, 2.75) is 0 Å². The van der Waals surface area contributed by atoms with E-state index in [2.05, 4.69) is 0 Å². The molecule has 0 unspecified atom stereocenters. The van der Waals surface area contributed by atoms with Crippen LogP contribution in [-0.2, 0) is 0 Å². The average molecular weight is 223 g/mol. The van der Waals surface area contributed by atoms with Crippen molar-refractivity contribution in [3.8, 4) is 0 Å². The van der Waals surface area contributed by atoms with Gasteiger partial charge in [0.05, 0.1) is 0 Å². The molecule has 0 aromatic heterocycles. The van der Waals surface area contributed by atoms with Crippen LogP contribution in [0, 0.1) is 11.6 Å². The zero-order valence-corrected chi connectivity index (χ0v) is 9.11. The van der Waals surface area contributed by atoms with Crippen molar-refractivity contribution >= 4 is 37.7 Å². The van der Waals surface area contributed by atoms with E-state index in [1.807, 2.05) is 0 Å². The van der Waals surface area contributed by atoms with Gasteiger partial charge in [-0.15, -0.1) is 17.0 Å². The molecule has 4 heteroatoms. The van der Waals surface area contributed by atoms with E-state index in [4.69, 9.17) is 0 Å². The Balaban J connectivity index is 0.000000810. The zero-order valence-electron chi connectivity index (χ0n) is 5.40. The van der Waals surface area contributed by atoms with E-state index in [9.17, 15) is 8.78 Å². The van der Waals surface area contributed by atoms with Gasteiger partial charge in [-0.05, 0) is 6.07 Å². The summed E-state index contributed by atoms with van der Waals surface area (Å²) in [6.07, 6.45) is 0. The molecule has 0 radical (unpaired) electrons. The van der Waals surface area contributed by atoms with Crippen LogP contribution >= 0.6 is 17.0 Å². The van der Waals surface area contributed by atoms with Gasteiger partial charge in [-0.1, -0.05) is 16.6 Å². The van der Waals surface area contributed by atoms with Crippen molar-refractivity contribution < 1.29 is 8.78 Å². The molecular weight excluding hydrogens is 217 g/mol. The summed E-state index contributed by atoms with van der Waals surface area (Å²) >= 11 is 0.560. The highest BCUT2D eigenvalue weighted by molar-refractivity contribution is 8.93. The SMILES string of the molecule is Br.Fc1ccc[c]([AlH2])c1F. The molecule has 0 N–H and O–H groups in total. The molecule has 1 rings (SSSR count). The largest absolute Gasteiger partial charge is 0.263 e. The summed E-state index contributed by atoms with van der Waals surface area (Å²) in [6.45, 7) is 0. The number of hydrogen-bond acceptors (Lipinski definition) is 0. The highest BCUT2D eigenvalue weighted by Gasteiger charge is 2.00. The van der Waals surface area contributed by atoms with Crippen LogP contribution in [0.1, 0.15) is 0 Å². The van der Waals surface area contributed by atoms with Crippen LogP contribution < -0.4 is 4.43 Å². The highest BCUT2D eigenvalue weighted by atomic mass is 79.9. The smallest absolute Gasteiger partial charge is 0.205 e. The maximum absolute atomic E-state index is 12.4. The number of hydrogen-bond donors (Lipinski definition) is 0. The quantitative estimate of drug-likeness (QED) is 0.570. The molecule has 0 aliphatic heterocycles. The molecule has 0 aliphatic carbocycles. The van der Waals surface area contributed by atoms with Crippen LogP contribution in [0.5, 0.6) is 0 Å². The Bertz CT molecular complexity index is 207. The lowest BCUT2D eigenvalue weighted by molar-refractivity contribution is 0.514. The summed E-state index contributed by atoms with van der Waals surface area (Å²) in [4.78, 5) is 0. The summed E-state index contributed by atoms with van der Waals surface area (Å²) in [5.41, 5.74) is 0. The van der Waals surface area contributed by atoms with E-state index in [-0.39, 0.29) is 17.0 Å². The normalized spacial score (nSPS) is 8.60. The molecule has 1 aromatic rings. The van der Waals surface area contributed by atoms with E-state index < -0.39 is 11.6 Å². The first-order chi connectivity index (χ1) is 4.22. The maximum atomic E-state index is 12.4. The molecule has 1 aromatic carbocycles. The standard InChI is InChI=1S/C6H3F2.Al.BrH.2H/c7-5-3-1-2-4-6(5)8;;;;/h1-3H;;1H;;. The molecule has 0 saturated carbocycles. The van der Waals surface area contributed by atoms with Crippen LogP contribution in [0.4, 0.5) is 8.78 Å².